The highest BCUT2D eigenvalue weighted by Crippen LogP contribution is 2.33. The lowest BCUT2D eigenvalue weighted by Crippen LogP contribution is -2.40. The van der Waals surface area contributed by atoms with Crippen LogP contribution in [-0.4, -0.2) is 55.3 Å². The minimum absolute atomic E-state index is 0.0455. The van der Waals surface area contributed by atoms with E-state index in [1.165, 1.54) is 0 Å². The highest BCUT2D eigenvalue weighted by molar-refractivity contribution is 6.02. The highest BCUT2D eigenvalue weighted by atomic mass is 16.5. The van der Waals surface area contributed by atoms with Crippen LogP contribution >= 0.6 is 0 Å². The fraction of sp³-hybridized carbons (Fsp3) is 0.423. The topological polar surface area (TPSA) is 76.2 Å². The largest absolute Gasteiger partial charge is 0.485 e. The van der Waals surface area contributed by atoms with Crippen LogP contribution in [0.2, 0.25) is 0 Å². The molecule has 2 heterocycles. The van der Waals surface area contributed by atoms with Crippen LogP contribution < -0.4 is 14.4 Å². The van der Waals surface area contributed by atoms with Gasteiger partial charge in [-0.2, -0.15) is 0 Å². The van der Waals surface area contributed by atoms with E-state index in [1.54, 1.807) is 23.1 Å². The number of hydrogen-bond donors (Lipinski definition) is 0. The molecule has 1 saturated heterocycles. The molecule has 0 aromatic heterocycles. The van der Waals surface area contributed by atoms with E-state index in [2.05, 4.69) is 0 Å². The normalized spacial score (nSPS) is 15.3. The van der Waals surface area contributed by atoms with Gasteiger partial charge in [-0.15, -0.1) is 0 Å². The van der Waals surface area contributed by atoms with Crippen molar-refractivity contribution in [3.05, 3.63) is 53.1 Å². The number of nitrogens with zero attached hydrogens (tertiary/aromatic N) is 2. The number of fused-ring (bicyclic) bond motifs is 1. The Balaban J connectivity index is 1.41. The number of amides is 2. The number of carbonyl (C=O) groups is 3. The van der Waals surface area contributed by atoms with Gasteiger partial charge in [0.1, 0.15) is 11.5 Å². The van der Waals surface area contributed by atoms with Crippen molar-refractivity contribution in [1.29, 1.82) is 0 Å². The number of Topliss-reactive ketones (excluding diaryl/α,β-unsaturated/α-hetero) is 1. The number of benzene rings is 2. The molecule has 0 radical (unpaired) electrons. The molecule has 0 spiro atoms. The molecule has 4 rings (SSSR count). The summed E-state index contributed by atoms with van der Waals surface area (Å²) in [5, 5.41) is 0. The number of ether oxygens (including phenoxy) is 2. The number of anilines is 1. The molecule has 33 heavy (non-hydrogen) atoms. The first-order valence-electron chi connectivity index (χ1n) is 11.5. The van der Waals surface area contributed by atoms with Gasteiger partial charge in [0.25, 0.3) is 5.91 Å². The molecule has 0 atom stereocenters. The maximum atomic E-state index is 12.8. The standard InChI is InChI=1S/C26H30N2O5/c1-18-7-8-19(2)24(14-18)32-16-22(29)20-9-10-23-21(15-20)28(26(31)17-33-23)13-5-6-25(30)27-11-3-4-12-27/h7-10,14-15H,3-6,11-13,16-17H2,1-2H3. The second kappa shape index (κ2) is 10.1. The van der Waals surface area contributed by atoms with Crippen molar-refractivity contribution in [3.63, 3.8) is 0 Å². The van der Waals surface area contributed by atoms with Gasteiger partial charge < -0.3 is 19.3 Å². The van der Waals surface area contributed by atoms with Crippen LogP contribution in [0.4, 0.5) is 5.69 Å². The SMILES string of the molecule is Cc1ccc(C)c(OCC(=O)c2ccc3c(c2)N(CCCC(=O)N2CCCC2)C(=O)CO3)c1. The molecule has 2 aliphatic heterocycles. The van der Waals surface area contributed by atoms with Crippen LogP contribution in [0.15, 0.2) is 36.4 Å². The molecule has 7 nitrogen and oxygen atoms in total. The molecule has 0 N–H and O–H groups in total. The quantitative estimate of drug-likeness (QED) is 0.574. The number of carbonyl (C=O) groups excluding carboxylic acids is 3. The molecular weight excluding hydrogens is 420 g/mol. The molecule has 2 amide bonds. The van der Waals surface area contributed by atoms with Gasteiger partial charge in [-0.3, -0.25) is 14.4 Å². The summed E-state index contributed by atoms with van der Waals surface area (Å²) in [6.07, 6.45) is 3.09. The predicted molar refractivity (Wildman–Crippen MR) is 125 cm³/mol. The average Bonchev–Trinajstić information content (AvgIpc) is 3.35. The van der Waals surface area contributed by atoms with Crippen LogP contribution in [0.3, 0.4) is 0 Å². The molecule has 0 saturated carbocycles. The predicted octanol–water partition coefficient (Wildman–Crippen LogP) is 3.69. The van der Waals surface area contributed by atoms with E-state index in [0.717, 1.165) is 37.1 Å². The number of ketones is 1. The molecule has 0 aliphatic carbocycles. The third-order valence-electron chi connectivity index (χ3n) is 6.16. The van der Waals surface area contributed by atoms with Crippen LogP contribution in [-0.2, 0) is 9.59 Å². The van der Waals surface area contributed by atoms with E-state index >= 15 is 0 Å². The Labute approximate surface area is 194 Å². The number of rotatable bonds is 8. The average molecular weight is 451 g/mol. The molecular formula is C26H30N2O5. The Morgan fingerprint density at radius 3 is 2.64 bits per heavy atom. The van der Waals surface area contributed by atoms with Gasteiger partial charge >= 0.3 is 0 Å². The molecule has 1 fully saturated rings. The first-order valence-corrected chi connectivity index (χ1v) is 11.5. The first-order chi connectivity index (χ1) is 15.9. The Kier molecular flexibility index (Phi) is 6.96. The zero-order valence-electron chi connectivity index (χ0n) is 19.3. The lowest BCUT2D eigenvalue weighted by atomic mass is 10.1. The third kappa shape index (κ3) is 5.35. The minimum atomic E-state index is -0.180. The highest BCUT2D eigenvalue weighted by Gasteiger charge is 2.27. The van der Waals surface area contributed by atoms with Gasteiger partial charge in [-0.1, -0.05) is 12.1 Å². The van der Waals surface area contributed by atoms with Gasteiger partial charge in [0, 0.05) is 31.6 Å². The number of likely N-dealkylation sites (tertiary alicyclic amines) is 1. The molecule has 0 bridgehead atoms. The minimum Gasteiger partial charge on any atom is -0.485 e. The van der Waals surface area contributed by atoms with Crippen molar-refractivity contribution in [3.8, 4) is 11.5 Å². The van der Waals surface area contributed by atoms with Crippen molar-refractivity contribution in [2.24, 2.45) is 0 Å². The molecule has 2 aromatic carbocycles. The summed E-state index contributed by atoms with van der Waals surface area (Å²) in [7, 11) is 0. The van der Waals surface area contributed by atoms with Crippen molar-refractivity contribution in [2.75, 3.05) is 37.7 Å². The van der Waals surface area contributed by atoms with E-state index in [-0.39, 0.29) is 30.8 Å². The summed E-state index contributed by atoms with van der Waals surface area (Å²) < 4.78 is 11.3. The summed E-state index contributed by atoms with van der Waals surface area (Å²) in [6.45, 7) is 5.83. The summed E-state index contributed by atoms with van der Waals surface area (Å²) in [4.78, 5) is 41.2. The van der Waals surface area contributed by atoms with Crippen LogP contribution in [0.25, 0.3) is 0 Å². The van der Waals surface area contributed by atoms with Crippen molar-refractivity contribution < 1.29 is 23.9 Å². The summed E-state index contributed by atoms with van der Waals surface area (Å²) in [5.41, 5.74) is 3.05. The van der Waals surface area contributed by atoms with Gasteiger partial charge in [-0.05, 0) is 68.5 Å². The van der Waals surface area contributed by atoms with E-state index < -0.39 is 0 Å². The zero-order chi connectivity index (χ0) is 23.4. The maximum absolute atomic E-state index is 12.8. The van der Waals surface area contributed by atoms with Crippen molar-refractivity contribution >= 4 is 23.3 Å². The van der Waals surface area contributed by atoms with Crippen LogP contribution in [0, 0.1) is 13.8 Å². The fourth-order valence-electron chi connectivity index (χ4n) is 4.22. The lowest BCUT2D eigenvalue weighted by Gasteiger charge is -2.30. The Bertz CT molecular complexity index is 1060. The maximum Gasteiger partial charge on any atom is 0.265 e. The van der Waals surface area contributed by atoms with E-state index in [4.69, 9.17) is 9.47 Å². The van der Waals surface area contributed by atoms with Gasteiger partial charge in [0.15, 0.2) is 19.0 Å². The first kappa shape index (κ1) is 22.8. The summed E-state index contributed by atoms with van der Waals surface area (Å²) >= 11 is 0. The van der Waals surface area contributed by atoms with Crippen LogP contribution in [0.5, 0.6) is 11.5 Å². The van der Waals surface area contributed by atoms with Gasteiger partial charge in [0.2, 0.25) is 5.91 Å². The second-order valence-electron chi connectivity index (χ2n) is 8.69. The molecule has 2 aliphatic rings. The van der Waals surface area contributed by atoms with E-state index in [1.807, 2.05) is 36.9 Å². The Hall–Kier alpha value is -3.35. The van der Waals surface area contributed by atoms with Gasteiger partial charge in [-0.25, -0.2) is 0 Å². The lowest BCUT2D eigenvalue weighted by molar-refractivity contribution is -0.130. The van der Waals surface area contributed by atoms with E-state index in [9.17, 15) is 14.4 Å². The molecule has 7 heteroatoms. The molecule has 0 unspecified atom stereocenters. The number of aryl methyl sites for hydroxylation is 2. The van der Waals surface area contributed by atoms with Crippen molar-refractivity contribution in [2.45, 2.75) is 39.5 Å². The van der Waals surface area contributed by atoms with E-state index in [0.29, 0.717) is 42.1 Å². The Morgan fingerprint density at radius 1 is 1.06 bits per heavy atom. The molecule has 2 aromatic rings. The zero-order valence-corrected chi connectivity index (χ0v) is 19.3. The van der Waals surface area contributed by atoms with Crippen molar-refractivity contribution in [1.82, 2.24) is 4.90 Å². The molecule has 174 valence electrons. The van der Waals surface area contributed by atoms with Gasteiger partial charge in [0.05, 0.1) is 5.69 Å². The fourth-order valence-corrected chi connectivity index (χ4v) is 4.22. The summed E-state index contributed by atoms with van der Waals surface area (Å²) in [6, 6.07) is 11.0. The second-order valence-corrected chi connectivity index (χ2v) is 8.69. The number of hydrogen-bond acceptors (Lipinski definition) is 5. The summed E-state index contributed by atoms with van der Waals surface area (Å²) in [5.74, 6) is 1.03. The van der Waals surface area contributed by atoms with Crippen LogP contribution in [0.1, 0.15) is 47.2 Å². The smallest absolute Gasteiger partial charge is 0.265 e. The Morgan fingerprint density at radius 2 is 1.85 bits per heavy atom. The monoisotopic (exact) mass is 450 g/mol. The third-order valence-corrected chi connectivity index (χ3v) is 6.16.